The summed E-state index contributed by atoms with van der Waals surface area (Å²) >= 11 is 0. The Balaban J connectivity index is 1.44. The van der Waals surface area contributed by atoms with Crippen LogP contribution in [0.2, 0.25) is 0 Å². The average Bonchev–Trinajstić information content (AvgIpc) is 3.37. The van der Waals surface area contributed by atoms with Gasteiger partial charge in [-0.3, -0.25) is 9.98 Å². The lowest BCUT2D eigenvalue weighted by Gasteiger charge is -2.22. The van der Waals surface area contributed by atoms with Crippen molar-refractivity contribution in [2.45, 2.75) is 77.7 Å². The Morgan fingerprint density at radius 2 is 1.76 bits per heavy atom. The van der Waals surface area contributed by atoms with Crippen LogP contribution in [0.25, 0.3) is 27.7 Å². The summed E-state index contributed by atoms with van der Waals surface area (Å²) < 4.78 is 2.50. The van der Waals surface area contributed by atoms with E-state index in [1.807, 2.05) is 0 Å². The lowest BCUT2D eigenvalue weighted by Crippen LogP contribution is -2.13. The van der Waals surface area contributed by atoms with Gasteiger partial charge in [0, 0.05) is 41.4 Å². The van der Waals surface area contributed by atoms with E-state index in [-0.39, 0.29) is 0 Å². The highest BCUT2D eigenvalue weighted by atomic mass is 15.0. The van der Waals surface area contributed by atoms with Gasteiger partial charge in [0.15, 0.2) is 0 Å². The Kier molecular flexibility index (Phi) is 5.05. The topological polar surface area (TPSA) is 30.2 Å². The number of benzene rings is 1. The number of rotatable bonds is 5. The van der Waals surface area contributed by atoms with E-state index in [1.54, 1.807) is 0 Å². The first-order chi connectivity index (χ1) is 16.0. The molecule has 33 heavy (non-hydrogen) atoms. The number of aliphatic imine (C=N–C) groups is 1. The molecule has 0 saturated heterocycles. The Morgan fingerprint density at radius 1 is 1.00 bits per heavy atom. The van der Waals surface area contributed by atoms with E-state index in [4.69, 9.17) is 4.98 Å². The maximum Gasteiger partial charge on any atom is 0.0959 e. The molecule has 0 radical (unpaired) electrons. The summed E-state index contributed by atoms with van der Waals surface area (Å²) in [5.41, 5.74) is 11.8. The molecule has 0 N–H and O–H groups in total. The van der Waals surface area contributed by atoms with Gasteiger partial charge in [-0.2, -0.15) is 0 Å². The molecule has 3 aliphatic rings. The summed E-state index contributed by atoms with van der Waals surface area (Å²) in [7, 11) is 0. The summed E-state index contributed by atoms with van der Waals surface area (Å²) in [5.74, 6) is 0.777. The molecule has 0 atom stereocenters. The molecule has 170 valence electrons. The van der Waals surface area contributed by atoms with Gasteiger partial charge in [-0.25, -0.2) is 0 Å². The molecule has 2 aliphatic carbocycles. The number of fused-ring (bicyclic) bond motifs is 1. The highest BCUT2D eigenvalue weighted by Gasteiger charge is 2.38. The molecular weight excluding hydrogens is 402 g/mol. The number of nitrogens with zero attached hydrogens (tertiary/aromatic N) is 3. The minimum absolute atomic E-state index is 0.410. The van der Waals surface area contributed by atoms with E-state index >= 15 is 0 Å². The van der Waals surface area contributed by atoms with Gasteiger partial charge in [-0.1, -0.05) is 50.5 Å². The Labute approximate surface area is 197 Å². The monoisotopic (exact) mass is 437 g/mol. The zero-order valence-corrected chi connectivity index (χ0v) is 20.3. The molecule has 2 fully saturated rings. The molecule has 0 spiro atoms. The van der Waals surface area contributed by atoms with Gasteiger partial charge in [0.05, 0.1) is 17.6 Å². The number of aromatic nitrogens is 2. The Hall–Kier alpha value is -2.68. The first-order valence-electron chi connectivity index (χ1n) is 12.8. The van der Waals surface area contributed by atoms with Crippen LogP contribution < -0.4 is 0 Å². The number of hydrogen-bond acceptors (Lipinski definition) is 2. The van der Waals surface area contributed by atoms with Gasteiger partial charge >= 0.3 is 0 Å². The van der Waals surface area contributed by atoms with Crippen LogP contribution in [0, 0.1) is 5.92 Å². The van der Waals surface area contributed by atoms with Gasteiger partial charge in [0.2, 0.25) is 0 Å². The zero-order valence-electron chi connectivity index (χ0n) is 20.3. The fourth-order valence-electron chi connectivity index (χ4n) is 6.00. The fourth-order valence-corrected chi connectivity index (χ4v) is 6.00. The van der Waals surface area contributed by atoms with Crippen molar-refractivity contribution >= 4 is 22.3 Å². The highest BCUT2D eigenvalue weighted by molar-refractivity contribution is 6.25. The smallest absolute Gasteiger partial charge is 0.0959 e. The van der Waals surface area contributed by atoms with Gasteiger partial charge < -0.3 is 4.57 Å². The van der Waals surface area contributed by atoms with Crippen molar-refractivity contribution in [3.63, 3.8) is 0 Å². The minimum atomic E-state index is 0.410. The summed E-state index contributed by atoms with van der Waals surface area (Å²) in [6.45, 7) is 8.63. The molecule has 6 rings (SSSR count). The summed E-state index contributed by atoms with van der Waals surface area (Å²) in [5, 5.41) is 0. The van der Waals surface area contributed by atoms with Gasteiger partial charge in [0.25, 0.3) is 0 Å². The lowest BCUT2D eigenvalue weighted by molar-refractivity contribution is 0.322. The van der Waals surface area contributed by atoms with Crippen molar-refractivity contribution in [1.29, 1.82) is 0 Å². The van der Waals surface area contributed by atoms with E-state index in [0.717, 1.165) is 30.2 Å². The third-order valence-corrected chi connectivity index (χ3v) is 8.42. The summed E-state index contributed by atoms with van der Waals surface area (Å²) in [6, 6.07) is 11.7. The second kappa shape index (κ2) is 7.97. The van der Waals surface area contributed by atoms with Gasteiger partial charge in [-0.05, 0) is 73.6 Å². The van der Waals surface area contributed by atoms with Gasteiger partial charge in [0.1, 0.15) is 0 Å². The normalized spacial score (nSPS) is 20.5. The van der Waals surface area contributed by atoms with Crippen LogP contribution in [-0.4, -0.2) is 21.8 Å². The van der Waals surface area contributed by atoms with Crippen molar-refractivity contribution in [1.82, 2.24) is 9.55 Å². The standard InChI is InChI=1S/C30H35N3/c1-20-16-31-21(2)28(20)24-15-27-29(32-17-24)26(19-33(27)18-22-7-5-4-6-8-22)23-9-11-25(12-10-23)30(3)13-14-30/h9-12,15,17,19,22H,4-8,13-14,16,18H2,1-3H3. The zero-order chi connectivity index (χ0) is 22.6. The van der Waals surface area contributed by atoms with E-state index in [9.17, 15) is 0 Å². The van der Waals surface area contributed by atoms with Crippen LogP contribution >= 0.6 is 0 Å². The average molecular weight is 438 g/mol. The highest BCUT2D eigenvalue weighted by Crippen LogP contribution is 2.48. The number of allylic oxidation sites excluding steroid dienone is 1. The van der Waals surface area contributed by atoms with Crippen molar-refractivity contribution in [2.75, 3.05) is 6.54 Å². The molecular formula is C30H35N3. The fraction of sp³-hybridized carbons (Fsp3) is 0.467. The van der Waals surface area contributed by atoms with Crippen LogP contribution in [0.15, 0.2) is 53.3 Å². The number of hydrogen-bond donors (Lipinski definition) is 0. The first-order valence-corrected chi connectivity index (χ1v) is 12.8. The maximum absolute atomic E-state index is 5.06. The molecule has 2 saturated carbocycles. The summed E-state index contributed by atoms with van der Waals surface area (Å²) in [6.07, 6.45) is 13.9. The van der Waals surface area contributed by atoms with Crippen LogP contribution in [-0.2, 0) is 12.0 Å². The molecule has 0 bridgehead atoms. The first kappa shape index (κ1) is 20.9. The SMILES string of the molecule is CC1=NCC(C)=C1c1cnc2c(-c3ccc(C4(C)CC4)cc3)cn(CC3CCCCC3)c2c1. The van der Waals surface area contributed by atoms with Crippen LogP contribution in [0.5, 0.6) is 0 Å². The van der Waals surface area contributed by atoms with Crippen LogP contribution in [0.3, 0.4) is 0 Å². The molecule has 2 aromatic heterocycles. The van der Waals surface area contributed by atoms with E-state index in [1.165, 1.54) is 83.9 Å². The molecule has 3 heterocycles. The molecule has 3 aromatic rings. The Morgan fingerprint density at radius 3 is 2.42 bits per heavy atom. The minimum Gasteiger partial charge on any atom is -0.345 e. The summed E-state index contributed by atoms with van der Waals surface area (Å²) in [4.78, 5) is 9.72. The van der Waals surface area contributed by atoms with E-state index in [0.29, 0.717) is 5.41 Å². The third kappa shape index (κ3) is 3.76. The second-order valence-corrected chi connectivity index (χ2v) is 11.0. The van der Waals surface area contributed by atoms with E-state index in [2.05, 4.69) is 73.1 Å². The van der Waals surface area contributed by atoms with Crippen molar-refractivity contribution in [3.05, 3.63) is 59.4 Å². The predicted molar refractivity (Wildman–Crippen MR) is 139 cm³/mol. The van der Waals surface area contributed by atoms with Crippen molar-refractivity contribution in [2.24, 2.45) is 10.9 Å². The van der Waals surface area contributed by atoms with E-state index < -0.39 is 0 Å². The molecule has 3 nitrogen and oxygen atoms in total. The quantitative estimate of drug-likeness (QED) is 0.404. The molecule has 3 heteroatoms. The van der Waals surface area contributed by atoms with Crippen LogP contribution in [0.4, 0.5) is 0 Å². The Bertz CT molecular complexity index is 1260. The number of pyridine rings is 1. The molecule has 1 aliphatic heterocycles. The molecule has 0 amide bonds. The lowest BCUT2D eigenvalue weighted by atomic mass is 9.89. The predicted octanol–water partition coefficient (Wildman–Crippen LogP) is 7.58. The second-order valence-electron chi connectivity index (χ2n) is 11.0. The van der Waals surface area contributed by atoms with Crippen molar-refractivity contribution < 1.29 is 0 Å². The molecule has 1 aromatic carbocycles. The van der Waals surface area contributed by atoms with Gasteiger partial charge in [-0.15, -0.1) is 0 Å². The maximum atomic E-state index is 5.06. The third-order valence-electron chi connectivity index (χ3n) is 8.42. The van der Waals surface area contributed by atoms with Crippen LogP contribution in [0.1, 0.15) is 76.8 Å². The van der Waals surface area contributed by atoms with Crippen molar-refractivity contribution in [3.8, 4) is 11.1 Å². The largest absolute Gasteiger partial charge is 0.345 e. The molecule has 0 unspecified atom stereocenters.